The summed E-state index contributed by atoms with van der Waals surface area (Å²) in [5.41, 5.74) is -1.56. The minimum Gasteiger partial charge on any atom is -0.289 e. The summed E-state index contributed by atoms with van der Waals surface area (Å²) < 4.78 is 64.6. The van der Waals surface area contributed by atoms with Gasteiger partial charge in [0.25, 0.3) is 5.91 Å². The first kappa shape index (κ1) is 19.2. The maximum absolute atomic E-state index is 13.2. The molecule has 2 rings (SSSR count). The van der Waals surface area contributed by atoms with Crippen molar-refractivity contribution in [3.8, 4) is 0 Å². The Bertz CT molecular complexity index is 925. The van der Waals surface area contributed by atoms with Gasteiger partial charge >= 0.3 is 6.18 Å². The Balaban J connectivity index is 2.64. The van der Waals surface area contributed by atoms with E-state index in [1.807, 2.05) is 0 Å². The van der Waals surface area contributed by atoms with Gasteiger partial charge < -0.3 is 0 Å². The lowest BCUT2D eigenvalue weighted by Gasteiger charge is -2.17. The average Bonchev–Trinajstić information content (AvgIpc) is 2.88. The second kappa shape index (κ2) is 6.63. The number of alkyl halides is 3. The number of carbonyl (C=O) groups is 1. The van der Waals surface area contributed by atoms with Crippen molar-refractivity contribution in [3.05, 3.63) is 23.3 Å². The van der Waals surface area contributed by atoms with E-state index in [1.165, 1.54) is 13.3 Å². The smallest absolute Gasteiger partial charge is 0.289 e. The number of halogens is 3. The second-order valence-electron chi connectivity index (χ2n) is 4.87. The van der Waals surface area contributed by atoms with Gasteiger partial charge in [0.05, 0.1) is 16.0 Å². The number of aromatic nitrogens is 4. The monoisotopic (exact) mass is 395 g/mol. The molecule has 8 nitrogen and oxygen atoms in total. The first-order chi connectivity index (χ1) is 11.5. The number of tetrazole rings is 1. The average molecular weight is 395 g/mol. The summed E-state index contributed by atoms with van der Waals surface area (Å²) in [6.45, 7) is 0. The van der Waals surface area contributed by atoms with Crippen molar-refractivity contribution in [2.24, 2.45) is 7.05 Å². The first-order valence-corrected chi connectivity index (χ1v) is 9.60. The van der Waals surface area contributed by atoms with Gasteiger partial charge in [0.1, 0.15) is 0 Å². The number of carbonyl (C=O) groups excluding carboxylic acids is 1. The van der Waals surface area contributed by atoms with Crippen LogP contribution in [0.1, 0.15) is 15.9 Å². The number of hydrogen-bond donors (Lipinski definition) is 1. The van der Waals surface area contributed by atoms with Gasteiger partial charge in [-0.25, -0.2) is 13.1 Å². The Morgan fingerprint density at radius 1 is 1.32 bits per heavy atom. The number of hydrogen-bond acceptors (Lipinski definition) is 7. The third-order valence-corrected chi connectivity index (χ3v) is 5.21. The van der Waals surface area contributed by atoms with Gasteiger partial charge in [-0.05, 0) is 28.8 Å². The van der Waals surface area contributed by atoms with Crippen molar-refractivity contribution in [3.63, 3.8) is 0 Å². The zero-order valence-electron chi connectivity index (χ0n) is 13.1. The Labute approximate surface area is 144 Å². The molecule has 1 amide bonds. The molecule has 0 spiro atoms. The molecule has 0 unspecified atom stereocenters. The highest BCUT2D eigenvalue weighted by molar-refractivity contribution is 7.99. The van der Waals surface area contributed by atoms with Crippen molar-refractivity contribution in [1.29, 1.82) is 0 Å². The quantitative estimate of drug-likeness (QED) is 0.784. The van der Waals surface area contributed by atoms with E-state index >= 15 is 0 Å². The fourth-order valence-corrected chi connectivity index (χ4v) is 4.45. The maximum Gasteiger partial charge on any atom is 0.417 e. The molecular weight excluding hydrogens is 383 g/mol. The number of amides is 1. The van der Waals surface area contributed by atoms with Gasteiger partial charge in [0, 0.05) is 18.2 Å². The van der Waals surface area contributed by atoms with Gasteiger partial charge in [-0.1, -0.05) is 5.10 Å². The van der Waals surface area contributed by atoms with Crippen LogP contribution in [0.15, 0.2) is 21.9 Å². The maximum atomic E-state index is 13.2. The van der Waals surface area contributed by atoms with Crippen LogP contribution in [0, 0.1) is 0 Å². The number of benzene rings is 1. The van der Waals surface area contributed by atoms with Crippen LogP contribution in [0.2, 0.25) is 0 Å². The van der Waals surface area contributed by atoms with Crippen molar-refractivity contribution in [1.82, 2.24) is 20.2 Å². The molecule has 0 atom stereocenters. The molecule has 0 fully saturated rings. The number of nitrogens with zero attached hydrogens (tertiary/aromatic N) is 4. The van der Waals surface area contributed by atoms with Crippen LogP contribution >= 0.6 is 11.8 Å². The SMILES string of the molecule is CSc1c(C(=O)Nc2nnnn2C)ccc(C(F)(F)F)c1S(C)(=O)=O. The first-order valence-electron chi connectivity index (χ1n) is 6.48. The van der Waals surface area contributed by atoms with Crippen LogP contribution in [0.5, 0.6) is 0 Å². The zero-order chi connectivity index (χ0) is 19.0. The Kier molecular flexibility index (Phi) is 5.09. The fraction of sp³-hybridized carbons (Fsp3) is 0.333. The van der Waals surface area contributed by atoms with E-state index in [0.717, 1.165) is 22.5 Å². The van der Waals surface area contributed by atoms with E-state index in [0.29, 0.717) is 12.3 Å². The Hall–Kier alpha value is -2.15. The number of nitrogens with one attached hydrogen (secondary N) is 1. The molecule has 0 saturated heterocycles. The van der Waals surface area contributed by atoms with Crippen LogP contribution < -0.4 is 5.32 Å². The van der Waals surface area contributed by atoms with Gasteiger partial charge in [-0.15, -0.1) is 11.8 Å². The van der Waals surface area contributed by atoms with E-state index in [-0.39, 0.29) is 16.4 Å². The number of rotatable bonds is 4. The molecular formula is C12H12F3N5O3S2. The highest BCUT2D eigenvalue weighted by Crippen LogP contribution is 2.40. The normalized spacial score (nSPS) is 12.2. The summed E-state index contributed by atoms with van der Waals surface area (Å²) in [6, 6.07) is 1.49. The number of thioether (sulfide) groups is 1. The van der Waals surface area contributed by atoms with Gasteiger partial charge in [-0.2, -0.15) is 13.2 Å². The van der Waals surface area contributed by atoms with E-state index in [4.69, 9.17) is 0 Å². The van der Waals surface area contributed by atoms with Gasteiger partial charge in [0.2, 0.25) is 5.95 Å². The molecule has 0 radical (unpaired) electrons. The second-order valence-corrected chi connectivity index (χ2v) is 7.64. The molecule has 0 bridgehead atoms. The highest BCUT2D eigenvalue weighted by Gasteiger charge is 2.39. The minimum absolute atomic E-state index is 0.0437. The number of anilines is 1. The van der Waals surface area contributed by atoms with Crippen LogP contribution in [0.4, 0.5) is 19.1 Å². The lowest BCUT2D eigenvalue weighted by molar-refractivity contribution is -0.140. The minimum atomic E-state index is -4.88. The molecule has 0 saturated carbocycles. The molecule has 25 heavy (non-hydrogen) atoms. The van der Waals surface area contributed by atoms with Crippen LogP contribution in [0.3, 0.4) is 0 Å². The summed E-state index contributed by atoms with van der Waals surface area (Å²) >= 11 is 0.726. The molecule has 1 aromatic heterocycles. The molecule has 1 N–H and O–H groups in total. The highest BCUT2D eigenvalue weighted by atomic mass is 32.2. The standard InChI is InChI=1S/C12H12F3N5O3S2/c1-20-11(17-18-19-20)16-10(21)6-4-5-7(12(13,14)15)9(8(6)24-2)25(3,22)23/h4-5H,1-3H3,(H,16,17,19,21). The topological polar surface area (TPSA) is 107 Å². The van der Waals surface area contributed by atoms with E-state index in [9.17, 15) is 26.4 Å². The van der Waals surface area contributed by atoms with Crippen LogP contribution in [-0.2, 0) is 23.1 Å². The van der Waals surface area contributed by atoms with Gasteiger partial charge in [0.15, 0.2) is 9.84 Å². The van der Waals surface area contributed by atoms with Crippen molar-refractivity contribution >= 4 is 33.5 Å². The lowest BCUT2D eigenvalue weighted by atomic mass is 10.1. The predicted octanol–water partition coefficient (Wildman–Crippen LogP) is 1.61. The van der Waals surface area contributed by atoms with Crippen molar-refractivity contribution in [2.45, 2.75) is 16.0 Å². The molecule has 1 aromatic carbocycles. The molecule has 0 aliphatic heterocycles. The third kappa shape index (κ3) is 3.92. The van der Waals surface area contributed by atoms with E-state index < -0.39 is 32.4 Å². The molecule has 2 aromatic rings. The fourth-order valence-electron chi connectivity index (χ4n) is 2.04. The third-order valence-electron chi connectivity index (χ3n) is 3.08. The number of aryl methyl sites for hydroxylation is 1. The molecule has 1 heterocycles. The lowest BCUT2D eigenvalue weighted by Crippen LogP contribution is -2.20. The van der Waals surface area contributed by atoms with Crippen molar-refractivity contribution < 1.29 is 26.4 Å². The number of sulfone groups is 1. The summed E-state index contributed by atoms with van der Waals surface area (Å²) in [4.78, 5) is 11.1. The summed E-state index contributed by atoms with van der Waals surface area (Å²) in [7, 11) is -2.81. The molecule has 0 aliphatic carbocycles. The largest absolute Gasteiger partial charge is 0.417 e. The van der Waals surface area contributed by atoms with Gasteiger partial charge in [-0.3, -0.25) is 10.1 Å². The summed E-state index contributed by atoms with van der Waals surface area (Å²) in [5, 5.41) is 12.7. The zero-order valence-corrected chi connectivity index (χ0v) is 14.8. The molecule has 0 aliphatic rings. The Morgan fingerprint density at radius 2 is 1.96 bits per heavy atom. The van der Waals surface area contributed by atoms with Crippen LogP contribution in [0.25, 0.3) is 0 Å². The summed E-state index contributed by atoms with van der Waals surface area (Å²) in [6.07, 6.45) is -2.85. The van der Waals surface area contributed by atoms with E-state index in [2.05, 4.69) is 20.8 Å². The molecule has 136 valence electrons. The van der Waals surface area contributed by atoms with Crippen LogP contribution in [-0.4, -0.2) is 47.0 Å². The summed E-state index contributed by atoms with van der Waals surface area (Å²) in [5.74, 6) is -0.876. The molecule has 13 heteroatoms. The van der Waals surface area contributed by atoms with Crippen molar-refractivity contribution in [2.75, 3.05) is 17.8 Å². The predicted molar refractivity (Wildman–Crippen MR) is 83.1 cm³/mol. The van der Waals surface area contributed by atoms with E-state index in [1.54, 1.807) is 0 Å². The Morgan fingerprint density at radius 3 is 2.40 bits per heavy atom.